The van der Waals surface area contributed by atoms with Crippen molar-refractivity contribution in [3.05, 3.63) is 53.3 Å². The maximum Gasteiger partial charge on any atom is 0.257 e. The molecule has 0 saturated carbocycles. The van der Waals surface area contributed by atoms with Crippen LogP contribution < -0.4 is 10.6 Å². The molecule has 0 bridgehead atoms. The maximum absolute atomic E-state index is 12.4. The lowest BCUT2D eigenvalue weighted by atomic mass is 10.1. The van der Waals surface area contributed by atoms with E-state index in [4.69, 9.17) is 0 Å². The molecule has 0 fully saturated rings. The first-order valence-corrected chi connectivity index (χ1v) is 6.69. The molecule has 104 valence electrons. The lowest BCUT2D eigenvalue weighted by molar-refractivity contribution is 0.102. The summed E-state index contributed by atoms with van der Waals surface area (Å²) in [6, 6.07) is 7.60. The van der Waals surface area contributed by atoms with Crippen molar-refractivity contribution < 1.29 is 4.79 Å². The number of nitrogens with zero attached hydrogens (tertiary/aromatic N) is 1. The van der Waals surface area contributed by atoms with E-state index in [0.717, 1.165) is 29.0 Å². The van der Waals surface area contributed by atoms with Crippen molar-refractivity contribution in [3.63, 3.8) is 0 Å². The number of hydrogen-bond donors (Lipinski definition) is 2. The molecule has 0 atom stereocenters. The summed E-state index contributed by atoms with van der Waals surface area (Å²) in [6.07, 6.45) is 3.29. The Balaban J connectivity index is 2.26. The van der Waals surface area contributed by atoms with Crippen molar-refractivity contribution in [2.24, 2.45) is 0 Å². The largest absolute Gasteiger partial charge is 0.383 e. The highest BCUT2D eigenvalue weighted by molar-refractivity contribution is 6.08. The van der Waals surface area contributed by atoms with Gasteiger partial charge in [-0.15, -0.1) is 0 Å². The van der Waals surface area contributed by atoms with Gasteiger partial charge in [0.05, 0.1) is 17.4 Å². The molecule has 2 rings (SSSR count). The fraction of sp³-hybridized carbons (Fsp3) is 0.250. The van der Waals surface area contributed by atoms with Crippen LogP contribution in [0.25, 0.3) is 0 Å². The summed E-state index contributed by atoms with van der Waals surface area (Å²) in [5, 5.41) is 6.10. The number of pyridine rings is 1. The van der Waals surface area contributed by atoms with Crippen molar-refractivity contribution >= 4 is 17.3 Å². The van der Waals surface area contributed by atoms with Crippen LogP contribution >= 0.6 is 0 Å². The van der Waals surface area contributed by atoms with E-state index in [1.807, 2.05) is 39.0 Å². The number of carbonyl (C=O) groups is 1. The van der Waals surface area contributed by atoms with Gasteiger partial charge >= 0.3 is 0 Å². The molecular formula is C16H19N3O. The molecule has 0 saturated heterocycles. The third kappa shape index (κ3) is 2.96. The zero-order chi connectivity index (χ0) is 14.5. The average Bonchev–Trinajstić information content (AvgIpc) is 2.45. The standard InChI is InChI=1S/C16H19N3O/c1-4-18-15-10-17-9-8-13(15)16(20)19-14-7-5-6-11(2)12(14)3/h5-10,18H,4H2,1-3H3,(H,19,20). The Bertz CT molecular complexity index is 623. The lowest BCUT2D eigenvalue weighted by Crippen LogP contribution is -2.15. The zero-order valence-electron chi connectivity index (χ0n) is 12.0. The van der Waals surface area contributed by atoms with Crippen LogP contribution in [0.5, 0.6) is 0 Å². The first-order valence-electron chi connectivity index (χ1n) is 6.69. The molecule has 0 aliphatic heterocycles. The molecule has 1 amide bonds. The van der Waals surface area contributed by atoms with Gasteiger partial charge in [0, 0.05) is 18.4 Å². The number of hydrogen-bond acceptors (Lipinski definition) is 3. The molecule has 0 radical (unpaired) electrons. The second-order valence-corrected chi connectivity index (χ2v) is 4.65. The average molecular weight is 269 g/mol. The third-order valence-electron chi connectivity index (χ3n) is 3.29. The molecule has 4 nitrogen and oxygen atoms in total. The van der Waals surface area contributed by atoms with Crippen molar-refractivity contribution in [1.82, 2.24) is 4.98 Å². The van der Waals surface area contributed by atoms with Gasteiger partial charge in [0.15, 0.2) is 0 Å². The summed E-state index contributed by atoms with van der Waals surface area (Å²) in [6.45, 7) is 6.76. The van der Waals surface area contributed by atoms with E-state index in [-0.39, 0.29) is 5.91 Å². The van der Waals surface area contributed by atoms with Crippen LogP contribution in [0.1, 0.15) is 28.4 Å². The van der Waals surface area contributed by atoms with Crippen LogP contribution in [-0.2, 0) is 0 Å². The van der Waals surface area contributed by atoms with Gasteiger partial charge in [-0.2, -0.15) is 0 Å². The summed E-state index contributed by atoms with van der Waals surface area (Å²) in [4.78, 5) is 16.4. The zero-order valence-corrected chi connectivity index (χ0v) is 12.0. The fourth-order valence-corrected chi connectivity index (χ4v) is 2.00. The minimum atomic E-state index is -0.128. The molecule has 4 heteroatoms. The number of anilines is 2. The summed E-state index contributed by atoms with van der Waals surface area (Å²) in [5.41, 5.74) is 4.43. The van der Waals surface area contributed by atoms with Gasteiger partial charge < -0.3 is 10.6 Å². The number of carbonyl (C=O) groups excluding carboxylic acids is 1. The Morgan fingerprint density at radius 3 is 2.75 bits per heavy atom. The Morgan fingerprint density at radius 1 is 1.20 bits per heavy atom. The summed E-state index contributed by atoms with van der Waals surface area (Å²) in [5.74, 6) is -0.128. The minimum absolute atomic E-state index is 0.128. The van der Waals surface area contributed by atoms with Gasteiger partial charge in [0.1, 0.15) is 0 Å². The van der Waals surface area contributed by atoms with Gasteiger partial charge in [-0.25, -0.2) is 0 Å². The highest BCUT2D eigenvalue weighted by atomic mass is 16.1. The first-order chi connectivity index (χ1) is 9.63. The van der Waals surface area contributed by atoms with Gasteiger partial charge in [-0.3, -0.25) is 9.78 Å². The van der Waals surface area contributed by atoms with Gasteiger partial charge in [0.2, 0.25) is 0 Å². The SMILES string of the molecule is CCNc1cnccc1C(=O)Nc1cccc(C)c1C. The van der Waals surface area contributed by atoms with Crippen LogP contribution in [-0.4, -0.2) is 17.4 Å². The Morgan fingerprint density at radius 2 is 2.00 bits per heavy atom. The van der Waals surface area contributed by atoms with E-state index in [9.17, 15) is 4.79 Å². The number of aromatic nitrogens is 1. The van der Waals surface area contributed by atoms with E-state index in [0.29, 0.717) is 5.56 Å². The normalized spacial score (nSPS) is 10.2. The predicted molar refractivity (Wildman–Crippen MR) is 82.3 cm³/mol. The van der Waals surface area contributed by atoms with E-state index in [1.54, 1.807) is 18.5 Å². The van der Waals surface area contributed by atoms with Crippen molar-refractivity contribution in [1.29, 1.82) is 0 Å². The number of rotatable bonds is 4. The molecular weight excluding hydrogens is 250 g/mol. The van der Waals surface area contributed by atoms with Crippen LogP contribution in [0.15, 0.2) is 36.7 Å². The van der Waals surface area contributed by atoms with Crippen molar-refractivity contribution in [3.8, 4) is 0 Å². The van der Waals surface area contributed by atoms with Gasteiger partial charge in [-0.1, -0.05) is 12.1 Å². The van der Waals surface area contributed by atoms with Crippen molar-refractivity contribution in [2.75, 3.05) is 17.2 Å². The van der Waals surface area contributed by atoms with E-state index in [1.165, 1.54) is 0 Å². The lowest BCUT2D eigenvalue weighted by Gasteiger charge is -2.13. The summed E-state index contributed by atoms with van der Waals surface area (Å²) < 4.78 is 0. The first kappa shape index (κ1) is 14.1. The molecule has 0 aliphatic rings. The molecule has 0 spiro atoms. The molecule has 0 aliphatic carbocycles. The van der Waals surface area contributed by atoms with Gasteiger partial charge in [0.25, 0.3) is 5.91 Å². The quantitative estimate of drug-likeness (QED) is 0.894. The molecule has 2 aromatic rings. The monoisotopic (exact) mass is 269 g/mol. The Kier molecular flexibility index (Phi) is 4.35. The van der Waals surface area contributed by atoms with Crippen LogP contribution in [0.2, 0.25) is 0 Å². The van der Waals surface area contributed by atoms with Crippen LogP contribution in [0.4, 0.5) is 11.4 Å². The highest BCUT2D eigenvalue weighted by Gasteiger charge is 2.12. The van der Waals surface area contributed by atoms with Crippen molar-refractivity contribution in [2.45, 2.75) is 20.8 Å². The molecule has 2 N–H and O–H groups in total. The molecule has 20 heavy (non-hydrogen) atoms. The number of benzene rings is 1. The third-order valence-corrected chi connectivity index (χ3v) is 3.29. The summed E-state index contributed by atoms with van der Waals surface area (Å²) in [7, 11) is 0. The fourth-order valence-electron chi connectivity index (χ4n) is 2.00. The number of nitrogens with one attached hydrogen (secondary N) is 2. The van der Waals surface area contributed by atoms with E-state index < -0.39 is 0 Å². The Hall–Kier alpha value is -2.36. The smallest absolute Gasteiger partial charge is 0.257 e. The molecule has 1 aromatic heterocycles. The Labute approximate surface area is 119 Å². The van der Waals surface area contributed by atoms with E-state index >= 15 is 0 Å². The van der Waals surface area contributed by atoms with Gasteiger partial charge in [-0.05, 0) is 44.0 Å². The molecule has 0 unspecified atom stereocenters. The highest BCUT2D eigenvalue weighted by Crippen LogP contribution is 2.20. The maximum atomic E-state index is 12.4. The number of amides is 1. The molecule has 1 heterocycles. The minimum Gasteiger partial charge on any atom is -0.383 e. The topological polar surface area (TPSA) is 54.0 Å². The molecule has 1 aromatic carbocycles. The second kappa shape index (κ2) is 6.19. The van der Waals surface area contributed by atoms with Crippen LogP contribution in [0.3, 0.4) is 0 Å². The second-order valence-electron chi connectivity index (χ2n) is 4.65. The predicted octanol–water partition coefficient (Wildman–Crippen LogP) is 3.38. The summed E-state index contributed by atoms with van der Waals surface area (Å²) >= 11 is 0. The number of aryl methyl sites for hydroxylation is 1. The van der Waals surface area contributed by atoms with Crippen LogP contribution in [0, 0.1) is 13.8 Å². The van der Waals surface area contributed by atoms with E-state index in [2.05, 4.69) is 15.6 Å².